The first-order valence-electron chi connectivity index (χ1n) is 6.77. The summed E-state index contributed by atoms with van der Waals surface area (Å²) in [7, 11) is -5.25. The van der Waals surface area contributed by atoms with E-state index in [-0.39, 0.29) is 24.7 Å². The lowest BCUT2D eigenvalue weighted by Crippen LogP contribution is -2.45. The Morgan fingerprint density at radius 1 is 1.30 bits per heavy atom. The zero-order valence-corrected chi connectivity index (χ0v) is 12.7. The summed E-state index contributed by atoms with van der Waals surface area (Å²) in [5, 5.41) is 11.8. The van der Waals surface area contributed by atoms with Crippen LogP contribution >= 0.6 is 0 Å². The van der Waals surface area contributed by atoms with Gasteiger partial charge in [-0.25, -0.2) is 18.4 Å². The van der Waals surface area contributed by atoms with Crippen LogP contribution in [0.25, 0.3) is 0 Å². The third-order valence-electron chi connectivity index (χ3n) is 3.57. The first kappa shape index (κ1) is 17.4. The van der Waals surface area contributed by atoms with Crippen LogP contribution in [-0.4, -0.2) is 47.8 Å². The highest BCUT2D eigenvalue weighted by molar-refractivity contribution is 7.90. The monoisotopic (exact) mass is 349 g/mol. The summed E-state index contributed by atoms with van der Waals surface area (Å²) in [6.07, 6.45) is 3.39. The highest BCUT2D eigenvalue weighted by atomic mass is 32.2. The van der Waals surface area contributed by atoms with Gasteiger partial charge in [-0.05, 0) is 18.8 Å². The van der Waals surface area contributed by atoms with Crippen LogP contribution in [0.4, 0.5) is 19.0 Å². The molecule has 0 aliphatic carbocycles. The van der Waals surface area contributed by atoms with Gasteiger partial charge in [0.1, 0.15) is 6.07 Å². The minimum absolute atomic E-state index is 0.0109. The number of rotatable bonds is 4. The summed E-state index contributed by atoms with van der Waals surface area (Å²) in [6, 6.07) is 1.88. The van der Waals surface area contributed by atoms with E-state index in [0.29, 0.717) is 29.5 Å². The molecule has 0 spiro atoms. The number of hydrogen-bond acceptors (Lipinski definition) is 6. The summed E-state index contributed by atoms with van der Waals surface area (Å²) < 4.78 is 60.5. The molecule has 0 amide bonds. The van der Waals surface area contributed by atoms with E-state index in [1.165, 1.54) is 12.4 Å². The molecule has 0 unspecified atom stereocenters. The Morgan fingerprint density at radius 3 is 2.48 bits per heavy atom. The Balaban J connectivity index is 1.90. The number of anilines is 1. The number of sulfonamides is 1. The van der Waals surface area contributed by atoms with Gasteiger partial charge in [0.15, 0.2) is 11.5 Å². The number of nitrogens with zero attached hydrogens (tertiary/aromatic N) is 4. The Labute approximate surface area is 131 Å². The highest BCUT2D eigenvalue weighted by Gasteiger charge is 2.50. The number of nitriles is 1. The number of halogens is 3. The zero-order valence-electron chi connectivity index (χ0n) is 11.9. The number of nitrogens with one attached hydrogen (secondary N) is 1. The molecule has 0 saturated carbocycles. The molecule has 1 aliphatic heterocycles. The first-order valence-corrected chi connectivity index (χ1v) is 8.21. The summed E-state index contributed by atoms with van der Waals surface area (Å²) in [5.41, 5.74) is -5.14. The second kappa shape index (κ2) is 6.67. The first-order chi connectivity index (χ1) is 10.8. The van der Waals surface area contributed by atoms with E-state index in [4.69, 9.17) is 5.26 Å². The molecule has 1 aromatic rings. The van der Waals surface area contributed by atoms with Crippen molar-refractivity contribution in [1.82, 2.24) is 14.3 Å². The molecule has 0 radical (unpaired) electrons. The fourth-order valence-electron chi connectivity index (χ4n) is 2.29. The number of hydrogen-bond donors (Lipinski definition) is 1. The molecular weight excluding hydrogens is 335 g/mol. The average Bonchev–Trinajstić information content (AvgIpc) is 2.52. The molecule has 11 heteroatoms. The van der Waals surface area contributed by atoms with Crippen LogP contribution in [0, 0.1) is 17.2 Å². The molecule has 0 bridgehead atoms. The van der Waals surface area contributed by atoms with Crippen molar-refractivity contribution in [2.75, 3.05) is 25.0 Å². The third-order valence-corrected chi connectivity index (χ3v) is 5.20. The van der Waals surface area contributed by atoms with E-state index in [1.54, 1.807) is 0 Å². The van der Waals surface area contributed by atoms with E-state index in [1.807, 2.05) is 6.07 Å². The molecule has 126 valence electrons. The van der Waals surface area contributed by atoms with Gasteiger partial charge in [0.2, 0.25) is 0 Å². The molecule has 1 N–H and O–H groups in total. The average molecular weight is 349 g/mol. The van der Waals surface area contributed by atoms with Crippen molar-refractivity contribution in [3.63, 3.8) is 0 Å². The topological polar surface area (TPSA) is 99.0 Å². The van der Waals surface area contributed by atoms with Gasteiger partial charge in [-0.1, -0.05) is 0 Å². The minimum Gasteiger partial charge on any atom is -0.367 e. The van der Waals surface area contributed by atoms with Gasteiger partial charge >= 0.3 is 15.5 Å². The van der Waals surface area contributed by atoms with Crippen LogP contribution in [0.3, 0.4) is 0 Å². The molecule has 1 aromatic heterocycles. The molecule has 23 heavy (non-hydrogen) atoms. The van der Waals surface area contributed by atoms with E-state index in [2.05, 4.69) is 15.3 Å². The Bertz CT molecular complexity index is 693. The molecule has 1 fully saturated rings. The van der Waals surface area contributed by atoms with E-state index in [0.717, 1.165) is 0 Å². The lowest BCUT2D eigenvalue weighted by atomic mass is 9.98. The van der Waals surface area contributed by atoms with Crippen LogP contribution in [0.5, 0.6) is 0 Å². The summed E-state index contributed by atoms with van der Waals surface area (Å²) >= 11 is 0. The summed E-state index contributed by atoms with van der Waals surface area (Å²) in [6.45, 7) is 0.0206. The van der Waals surface area contributed by atoms with Crippen LogP contribution < -0.4 is 5.32 Å². The van der Waals surface area contributed by atoms with Gasteiger partial charge in [0, 0.05) is 32.0 Å². The van der Waals surface area contributed by atoms with E-state index in [9.17, 15) is 21.6 Å². The molecule has 1 aliphatic rings. The van der Waals surface area contributed by atoms with Crippen LogP contribution in [0.1, 0.15) is 18.5 Å². The number of piperidine rings is 1. The predicted octanol–water partition coefficient (Wildman–Crippen LogP) is 1.32. The lowest BCUT2D eigenvalue weighted by molar-refractivity contribution is -0.0496. The Kier molecular flexibility index (Phi) is 5.06. The SMILES string of the molecule is N#Cc1nccnc1NCC1CCN(S(=O)(=O)C(F)(F)F)CC1. The maximum atomic E-state index is 12.5. The van der Waals surface area contributed by atoms with Crippen LogP contribution in [0.2, 0.25) is 0 Å². The Hall–Kier alpha value is -1.93. The van der Waals surface area contributed by atoms with Gasteiger partial charge in [-0.15, -0.1) is 0 Å². The van der Waals surface area contributed by atoms with Crippen LogP contribution in [-0.2, 0) is 10.0 Å². The fourth-order valence-corrected chi connectivity index (χ4v) is 3.27. The predicted molar refractivity (Wildman–Crippen MR) is 74.5 cm³/mol. The van der Waals surface area contributed by atoms with Crippen molar-refractivity contribution in [1.29, 1.82) is 5.26 Å². The van der Waals surface area contributed by atoms with Gasteiger partial charge in [0.25, 0.3) is 0 Å². The fraction of sp³-hybridized carbons (Fsp3) is 0.583. The largest absolute Gasteiger partial charge is 0.511 e. The zero-order chi connectivity index (χ0) is 17.1. The molecule has 0 atom stereocenters. The van der Waals surface area contributed by atoms with Crippen molar-refractivity contribution >= 4 is 15.8 Å². The molecule has 7 nitrogen and oxygen atoms in total. The van der Waals surface area contributed by atoms with Crippen molar-refractivity contribution in [3.8, 4) is 6.07 Å². The maximum Gasteiger partial charge on any atom is 0.511 e. The van der Waals surface area contributed by atoms with Crippen molar-refractivity contribution in [2.45, 2.75) is 18.3 Å². The molecule has 0 aromatic carbocycles. The maximum absolute atomic E-state index is 12.5. The van der Waals surface area contributed by atoms with Gasteiger partial charge in [0.05, 0.1) is 0 Å². The van der Waals surface area contributed by atoms with E-state index < -0.39 is 15.5 Å². The molecule has 2 rings (SSSR count). The minimum atomic E-state index is -5.26. The third kappa shape index (κ3) is 3.89. The van der Waals surface area contributed by atoms with E-state index >= 15 is 0 Å². The second-order valence-corrected chi connectivity index (χ2v) is 6.97. The lowest BCUT2D eigenvalue weighted by Gasteiger charge is -2.31. The van der Waals surface area contributed by atoms with Crippen LogP contribution in [0.15, 0.2) is 12.4 Å². The highest BCUT2D eigenvalue weighted by Crippen LogP contribution is 2.30. The van der Waals surface area contributed by atoms with Crippen molar-refractivity contribution < 1.29 is 21.6 Å². The quantitative estimate of drug-likeness (QED) is 0.880. The summed E-state index contributed by atoms with van der Waals surface area (Å²) in [4.78, 5) is 7.80. The number of aromatic nitrogens is 2. The van der Waals surface area contributed by atoms with Crippen molar-refractivity contribution in [3.05, 3.63) is 18.1 Å². The van der Waals surface area contributed by atoms with Gasteiger partial charge < -0.3 is 5.32 Å². The number of alkyl halides is 3. The normalized spacial score (nSPS) is 17.7. The van der Waals surface area contributed by atoms with Crippen molar-refractivity contribution in [2.24, 2.45) is 5.92 Å². The molecule has 2 heterocycles. The Morgan fingerprint density at radius 2 is 1.91 bits per heavy atom. The standard InChI is InChI=1S/C12H14F3N5O2S/c13-12(14,15)23(21,22)20-5-1-9(2-6-20)8-19-11-10(7-16)17-3-4-18-11/h3-4,9H,1-2,5-6,8H2,(H,18,19). The molecule has 1 saturated heterocycles. The van der Waals surface area contributed by atoms with Gasteiger partial charge in [-0.2, -0.15) is 22.7 Å². The second-order valence-electron chi connectivity index (χ2n) is 5.04. The van der Waals surface area contributed by atoms with Gasteiger partial charge in [-0.3, -0.25) is 0 Å². The molecular formula is C12H14F3N5O2S. The summed E-state index contributed by atoms with van der Waals surface area (Å²) in [5.74, 6) is 0.295. The smallest absolute Gasteiger partial charge is 0.367 e.